The Morgan fingerprint density at radius 1 is 0.953 bits per heavy atom. The summed E-state index contributed by atoms with van der Waals surface area (Å²) in [5.74, 6) is -4.27. The van der Waals surface area contributed by atoms with Crippen LogP contribution < -0.4 is 10.6 Å². The highest BCUT2D eigenvalue weighted by Gasteiger charge is 2.44. The number of carbonyl (C=O) groups excluding carboxylic acids is 2. The zero-order valence-electron chi connectivity index (χ0n) is 26.8. The van der Waals surface area contributed by atoms with Crippen LogP contribution in [0.2, 0.25) is 0 Å². The number of likely N-dealkylation sites (N-methyl/N-ethyl adjacent to an activating group) is 2. The Kier molecular flexibility index (Phi) is 15.1. The number of carboxylic acid groups (broad SMARTS) is 2. The minimum absolute atomic E-state index is 0.0134. The van der Waals surface area contributed by atoms with Crippen LogP contribution >= 0.6 is 0 Å². The Morgan fingerprint density at radius 2 is 1.42 bits per heavy atom. The van der Waals surface area contributed by atoms with E-state index in [1.807, 2.05) is 52.8 Å². The largest absolute Gasteiger partial charge is 0.490 e. The van der Waals surface area contributed by atoms with Crippen molar-refractivity contribution in [2.75, 3.05) is 14.1 Å². The predicted octanol–water partition coefficient (Wildman–Crippen LogP) is 5.01. The van der Waals surface area contributed by atoms with E-state index >= 15 is 0 Å². The summed E-state index contributed by atoms with van der Waals surface area (Å²) in [4.78, 5) is 49.5. The van der Waals surface area contributed by atoms with E-state index in [1.165, 1.54) is 6.92 Å². The fourth-order valence-electron chi connectivity index (χ4n) is 4.97. The van der Waals surface area contributed by atoms with Gasteiger partial charge in [-0.3, -0.25) is 9.59 Å². The first kappa shape index (κ1) is 39.6. The van der Waals surface area contributed by atoms with Crippen LogP contribution in [0, 0.1) is 11.3 Å². The van der Waals surface area contributed by atoms with Gasteiger partial charge in [0.05, 0.1) is 12.1 Å². The van der Waals surface area contributed by atoms with Crippen LogP contribution in [0.15, 0.2) is 42.0 Å². The van der Waals surface area contributed by atoms with Gasteiger partial charge < -0.3 is 25.7 Å². The molecule has 2 amide bonds. The minimum atomic E-state index is -5.08. The van der Waals surface area contributed by atoms with E-state index in [0.717, 1.165) is 18.4 Å². The van der Waals surface area contributed by atoms with Gasteiger partial charge in [-0.1, -0.05) is 84.9 Å². The highest BCUT2D eigenvalue weighted by Crippen LogP contribution is 2.36. The first-order valence-corrected chi connectivity index (χ1v) is 14.1. The monoisotopic (exact) mass is 615 g/mol. The molecule has 0 spiro atoms. The van der Waals surface area contributed by atoms with Crippen LogP contribution in [-0.2, 0) is 24.6 Å². The summed E-state index contributed by atoms with van der Waals surface area (Å²) >= 11 is 0. The smallest absolute Gasteiger partial charge is 0.478 e. The lowest BCUT2D eigenvalue weighted by Gasteiger charge is -2.42. The zero-order valence-corrected chi connectivity index (χ0v) is 26.8. The number of nitrogens with zero attached hydrogens (tertiary/aromatic N) is 1. The van der Waals surface area contributed by atoms with Crippen LogP contribution in [0.1, 0.15) is 73.8 Å². The molecule has 9 nitrogen and oxygen atoms in total. The number of hydrogen-bond donors (Lipinski definition) is 4. The van der Waals surface area contributed by atoms with Gasteiger partial charge in [-0.05, 0) is 43.7 Å². The SMILES string of the molecule is CCC(CC)(c1ccccc1)[C@H](NC)C(=O)N[C@H](C(=O)N(C)[C@H](/C=C(\C)C(=O)O)C(C)C)C(C)(C)C.O=C(O)C(F)(F)F. The molecule has 1 aromatic carbocycles. The van der Waals surface area contributed by atoms with Crippen LogP contribution in [-0.4, -0.2) is 77.3 Å². The second kappa shape index (κ2) is 16.4. The Labute approximate surface area is 252 Å². The van der Waals surface area contributed by atoms with Gasteiger partial charge in [0.25, 0.3) is 0 Å². The molecule has 12 heteroatoms. The summed E-state index contributed by atoms with van der Waals surface area (Å²) in [6, 6.07) is 8.25. The van der Waals surface area contributed by atoms with Gasteiger partial charge in [-0.2, -0.15) is 13.2 Å². The number of halogens is 3. The van der Waals surface area contributed by atoms with E-state index in [9.17, 15) is 32.7 Å². The molecule has 0 aromatic heterocycles. The Morgan fingerprint density at radius 3 is 1.74 bits per heavy atom. The Hall–Kier alpha value is -3.41. The molecule has 0 fully saturated rings. The van der Waals surface area contributed by atoms with Crippen molar-refractivity contribution in [2.24, 2.45) is 11.3 Å². The van der Waals surface area contributed by atoms with Crippen molar-refractivity contribution < 1.29 is 42.6 Å². The first-order valence-electron chi connectivity index (χ1n) is 14.1. The Bertz CT molecular complexity index is 1110. The number of aliphatic carboxylic acids is 2. The number of carbonyl (C=O) groups is 4. The molecular formula is C31H48F3N3O6. The minimum Gasteiger partial charge on any atom is -0.478 e. The van der Waals surface area contributed by atoms with Crippen LogP contribution in [0.3, 0.4) is 0 Å². The predicted molar refractivity (Wildman–Crippen MR) is 159 cm³/mol. The standard InChI is InChI=1S/C29H47N3O4.C2HF3O2/c1-11-29(12-2,21-16-14-13-15-17-21)23(30-9)25(33)31-24(28(6,7)8)26(34)32(10)22(19(3)4)18-20(5)27(35)36;3-2(4,5)1(6)7/h13-19,22-24,30H,11-12H2,1-10H3,(H,31,33)(H,35,36);(H,6,7)/b20-18+;/t22-,23-,24-;/m1./s1. The van der Waals surface area contributed by atoms with Gasteiger partial charge in [0, 0.05) is 18.0 Å². The van der Waals surface area contributed by atoms with E-state index in [4.69, 9.17) is 9.90 Å². The molecule has 1 rings (SSSR count). The van der Waals surface area contributed by atoms with Crippen molar-refractivity contribution in [2.45, 2.75) is 97.9 Å². The summed E-state index contributed by atoms with van der Waals surface area (Å²) in [6.45, 7) is 15.3. The number of amides is 2. The molecule has 43 heavy (non-hydrogen) atoms. The lowest BCUT2D eigenvalue weighted by atomic mass is 9.69. The molecule has 3 atom stereocenters. The van der Waals surface area contributed by atoms with Crippen molar-refractivity contribution in [1.82, 2.24) is 15.5 Å². The number of rotatable bonds is 12. The van der Waals surface area contributed by atoms with Crippen molar-refractivity contribution in [3.63, 3.8) is 0 Å². The maximum Gasteiger partial charge on any atom is 0.490 e. The number of benzene rings is 1. The molecule has 0 bridgehead atoms. The number of nitrogens with one attached hydrogen (secondary N) is 2. The highest BCUT2D eigenvalue weighted by molar-refractivity contribution is 5.91. The van der Waals surface area contributed by atoms with Crippen LogP contribution in [0.5, 0.6) is 0 Å². The molecule has 0 aliphatic heterocycles. The molecule has 0 aliphatic carbocycles. The van der Waals surface area contributed by atoms with E-state index < -0.39 is 47.1 Å². The van der Waals surface area contributed by atoms with Gasteiger partial charge >= 0.3 is 18.1 Å². The maximum absolute atomic E-state index is 13.8. The first-order chi connectivity index (χ1) is 19.6. The van der Waals surface area contributed by atoms with E-state index in [1.54, 1.807) is 25.1 Å². The average molecular weight is 616 g/mol. The second-order valence-electron chi connectivity index (χ2n) is 11.9. The van der Waals surface area contributed by atoms with Crippen molar-refractivity contribution >= 4 is 23.8 Å². The quantitative estimate of drug-likeness (QED) is 0.243. The van der Waals surface area contributed by atoms with Crippen molar-refractivity contribution in [3.05, 3.63) is 47.5 Å². The molecule has 0 heterocycles. The molecule has 0 radical (unpaired) electrons. The number of carboxylic acids is 2. The fraction of sp³-hybridized carbons (Fsp3) is 0.613. The van der Waals surface area contributed by atoms with E-state index in [2.05, 4.69) is 36.6 Å². The summed E-state index contributed by atoms with van der Waals surface area (Å²) in [5, 5.41) is 22.8. The third kappa shape index (κ3) is 11.0. The van der Waals surface area contributed by atoms with Crippen molar-refractivity contribution in [1.29, 1.82) is 0 Å². The molecule has 0 aliphatic rings. The molecule has 0 saturated carbocycles. The van der Waals surface area contributed by atoms with E-state index in [-0.39, 0.29) is 23.3 Å². The fourth-order valence-corrected chi connectivity index (χ4v) is 4.97. The topological polar surface area (TPSA) is 136 Å². The molecule has 0 unspecified atom stereocenters. The third-order valence-electron chi connectivity index (χ3n) is 7.59. The Balaban J connectivity index is 0.00000223. The van der Waals surface area contributed by atoms with Gasteiger partial charge in [0.15, 0.2) is 0 Å². The third-order valence-corrected chi connectivity index (χ3v) is 7.59. The van der Waals surface area contributed by atoms with Gasteiger partial charge in [-0.15, -0.1) is 0 Å². The summed E-state index contributed by atoms with van der Waals surface area (Å²) in [5.41, 5.74) is 0.243. The lowest BCUT2D eigenvalue weighted by Crippen LogP contribution is -2.62. The second-order valence-corrected chi connectivity index (χ2v) is 11.9. The van der Waals surface area contributed by atoms with E-state index in [0.29, 0.717) is 0 Å². The molecule has 244 valence electrons. The summed E-state index contributed by atoms with van der Waals surface area (Å²) < 4.78 is 31.7. The maximum atomic E-state index is 13.8. The number of alkyl halides is 3. The molecule has 4 N–H and O–H groups in total. The molecule has 0 saturated heterocycles. The molecule has 1 aromatic rings. The van der Waals surface area contributed by atoms with Gasteiger partial charge in [0.1, 0.15) is 6.04 Å². The van der Waals surface area contributed by atoms with Gasteiger partial charge in [-0.25, -0.2) is 9.59 Å². The lowest BCUT2D eigenvalue weighted by molar-refractivity contribution is -0.192. The average Bonchev–Trinajstić information content (AvgIpc) is 2.91. The summed E-state index contributed by atoms with van der Waals surface area (Å²) in [7, 11) is 3.45. The van der Waals surface area contributed by atoms with Crippen molar-refractivity contribution in [3.8, 4) is 0 Å². The van der Waals surface area contributed by atoms with Gasteiger partial charge in [0.2, 0.25) is 11.8 Å². The highest BCUT2D eigenvalue weighted by atomic mass is 19.4. The number of hydrogen-bond acceptors (Lipinski definition) is 5. The van der Waals surface area contributed by atoms with Crippen LogP contribution in [0.25, 0.3) is 0 Å². The van der Waals surface area contributed by atoms with Crippen LogP contribution in [0.4, 0.5) is 13.2 Å². The molecular weight excluding hydrogens is 567 g/mol. The normalized spacial score (nSPS) is 14.6. The summed E-state index contributed by atoms with van der Waals surface area (Å²) in [6.07, 6.45) is -1.98. The zero-order chi connectivity index (χ0) is 33.9.